The van der Waals surface area contributed by atoms with Crippen LogP contribution in [0, 0.1) is 13.8 Å². The molecule has 0 bridgehead atoms. The third kappa shape index (κ3) is 2.60. The van der Waals surface area contributed by atoms with Gasteiger partial charge < -0.3 is 9.80 Å². The van der Waals surface area contributed by atoms with Crippen molar-refractivity contribution in [2.45, 2.75) is 33.1 Å². The van der Waals surface area contributed by atoms with Gasteiger partial charge in [-0.2, -0.15) is 0 Å². The highest BCUT2D eigenvalue weighted by Crippen LogP contribution is 2.33. The van der Waals surface area contributed by atoms with Crippen LogP contribution in [0.1, 0.15) is 40.7 Å². The minimum absolute atomic E-state index is 0.351. The van der Waals surface area contributed by atoms with Crippen LogP contribution in [0.15, 0.2) is 12.1 Å². The van der Waals surface area contributed by atoms with Crippen molar-refractivity contribution in [3.8, 4) is 0 Å². The largest absolute Gasteiger partial charge is 0.303 e. The lowest BCUT2D eigenvalue weighted by Crippen LogP contribution is -2.40. The molecule has 0 N–H and O–H groups in total. The van der Waals surface area contributed by atoms with E-state index in [1.807, 2.05) is 26.0 Å². The first kappa shape index (κ1) is 14.3. The first-order chi connectivity index (χ1) is 10.1. The number of nitrogens with zero attached hydrogens (tertiary/aromatic N) is 2. The summed E-state index contributed by atoms with van der Waals surface area (Å²) >= 11 is 0. The summed E-state index contributed by atoms with van der Waals surface area (Å²) in [5.41, 5.74) is 3.46. The Hall–Kier alpha value is -1.68. The zero-order valence-electron chi connectivity index (χ0n) is 12.8. The summed E-state index contributed by atoms with van der Waals surface area (Å²) < 4.78 is 0. The molecule has 0 saturated carbocycles. The summed E-state index contributed by atoms with van der Waals surface area (Å²) in [7, 11) is 0. The van der Waals surface area contributed by atoms with Crippen LogP contribution >= 0.6 is 0 Å². The van der Waals surface area contributed by atoms with E-state index in [2.05, 4.69) is 4.90 Å². The van der Waals surface area contributed by atoms with Crippen LogP contribution < -0.4 is 4.90 Å². The molecule has 1 aromatic carbocycles. The van der Waals surface area contributed by atoms with Crippen molar-refractivity contribution < 1.29 is 9.59 Å². The normalized spacial score (nSPS) is 19.2. The zero-order valence-corrected chi connectivity index (χ0v) is 12.8. The van der Waals surface area contributed by atoms with Gasteiger partial charge in [0.2, 0.25) is 0 Å². The van der Waals surface area contributed by atoms with E-state index in [9.17, 15) is 9.59 Å². The van der Waals surface area contributed by atoms with Crippen LogP contribution in [0.25, 0.3) is 0 Å². The number of ketones is 1. The molecule has 2 aliphatic heterocycles. The molecule has 4 heteroatoms. The predicted molar refractivity (Wildman–Crippen MR) is 82.9 cm³/mol. The fourth-order valence-electron chi connectivity index (χ4n) is 3.47. The third-order valence-corrected chi connectivity index (χ3v) is 4.49. The topological polar surface area (TPSA) is 40.6 Å². The number of amides is 1. The second-order valence-electron chi connectivity index (χ2n) is 6.17. The summed E-state index contributed by atoms with van der Waals surface area (Å²) in [5, 5.41) is 0. The quantitative estimate of drug-likeness (QED) is 0.801. The van der Waals surface area contributed by atoms with Gasteiger partial charge in [-0.25, -0.2) is 0 Å². The van der Waals surface area contributed by atoms with E-state index in [-0.39, 0.29) is 11.7 Å². The number of Topliss-reactive ketones (excluding diaryl/α,β-unsaturated/α-hetero) is 1. The minimum atomic E-state index is -0.365. The molecule has 0 aliphatic carbocycles. The molecule has 1 saturated heterocycles. The molecule has 112 valence electrons. The van der Waals surface area contributed by atoms with Crippen LogP contribution in [-0.2, 0) is 4.79 Å². The number of hydrogen-bond donors (Lipinski definition) is 0. The Morgan fingerprint density at radius 2 is 1.71 bits per heavy atom. The highest BCUT2D eigenvalue weighted by molar-refractivity contribution is 6.52. The standard InChI is InChI=1S/C17H22N2O2/c1-12-10-13(2)15-14(11-12)16(20)17(21)19(15)9-8-18-6-4-3-5-7-18/h10-11H,3-9H2,1-2H3. The SMILES string of the molecule is Cc1cc(C)c2c(c1)C(=O)C(=O)N2CCN1CCCCC1. The fourth-order valence-corrected chi connectivity index (χ4v) is 3.47. The number of likely N-dealkylation sites (tertiary alicyclic amines) is 1. The number of aryl methyl sites for hydroxylation is 2. The molecule has 1 amide bonds. The number of carbonyl (C=O) groups excluding carboxylic acids is 2. The van der Waals surface area contributed by atoms with Crippen molar-refractivity contribution >= 4 is 17.4 Å². The van der Waals surface area contributed by atoms with E-state index in [1.165, 1.54) is 19.3 Å². The van der Waals surface area contributed by atoms with Crippen molar-refractivity contribution in [3.63, 3.8) is 0 Å². The number of benzene rings is 1. The van der Waals surface area contributed by atoms with Crippen molar-refractivity contribution in [3.05, 3.63) is 28.8 Å². The monoisotopic (exact) mass is 286 g/mol. The first-order valence-electron chi connectivity index (χ1n) is 7.78. The third-order valence-electron chi connectivity index (χ3n) is 4.49. The predicted octanol–water partition coefficient (Wildman–Crippen LogP) is 2.32. The van der Waals surface area contributed by atoms with E-state index in [0.717, 1.165) is 36.4 Å². The summed E-state index contributed by atoms with van der Waals surface area (Å²) in [5.74, 6) is -0.717. The van der Waals surface area contributed by atoms with Gasteiger partial charge in [0.05, 0.1) is 11.3 Å². The van der Waals surface area contributed by atoms with Crippen molar-refractivity contribution in [2.75, 3.05) is 31.1 Å². The van der Waals surface area contributed by atoms with Gasteiger partial charge in [-0.15, -0.1) is 0 Å². The molecule has 0 spiro atoms. The van der Waals surface area contributed by atoms with E-state index < -0.39 is 0 Å². The van der Waals surface area contributed by atoms with Crippen molar-refractivity contribution in [1.82, 2.24) is 4.90 Å². The molecular weight excluding hydrogens is 264 g/mol. The number of carbonyl (C=O) groups is 2. The molecule has 1 aromatic rings. The number of piperidine rings is 1. The maximum Gasteiger partial charge on any atom is 0.299 e. The molecule has 2 aliphatic rings. The number of rotatable bonds is 3. The maximum atomic E-state index is 12.3. The average Bonchev–Trinajstić information content (AvgIpc) is 2.71. The van der Waals surface area contributed by atoms with Gasteiger partial charge in [0.25, 0.3) is 11.7 Å². The van der Waals surface area contributed by atoms with Crippen LogP contribution in [-0.4, -0.2) is 42.8 Å². The van der Waals surface area contributed by atoms with Gasteiger partial charge in [0, 0.05) is 13.1 Å². The Morgan fingerprint density at radius 1 is 1.00 bits per heavy atom. The molecule has 1 fully saturated rings. The van der Waals surface area contributed by atoms with Gasteiger partial charge in [-0.05, 0) is 57.0 Å². The molecular formula is C17H22N2O2. The minimum Gasteiger partial charge on any atom is -0.303 e. The number of hydrogen-bond acceptors (Lipinski definition) is 3. The Balaban J connectivity index is 1.80. The molecule has 4 nitrogen and oxygen atoms in total. The lowest BCUT2D eigenvalue weighted by atomic mass is 10.0. The smallest absolute Gasteiger partial charge is 0.299 e. The Kier molecular flexibility index (Phi) is 3.81. The van der Waals surface area contributed by atoms with Gasteiger partial charge >= 0.3 is 0 Å². The molecule has 2 heterocycles. The van der Waals surface area contributed by atoms with Crippen LogP contribution in [0.3, 0.4) is 0 Å². The van der Waals surface area contributed by atoms with Gasteiger partial charge in [0.15, 0.2) is 0 Å². The van der Waals surface area contributed by atoms with Gasteiger partial charge in [0.1, 0.15) is 0 Å². The lowest BCUT2D eigenvalue weighted by molar-refractivity contribution is -0.114. The highest BCUT2D eigenvalue weighted by Gasteiger charge is 2.37. The van der Waals surface area contributed by atoms with Crippen molar-refractivity contribution in [1.29, 1.82) is 0 Å². The molecule has 0 radical (unpaired) electrons. The Bertz CT molecular complexity index is 589. The summed E-state index contributed by atoms with van der Waals surface area (Å²) in [6.07, 6.45) is 3.78. The molecule has 0 aromatic heterocycles. The summed E-state index contributed by atoms with van der Waals surface area (Å²) in [6, 6.07) is 3.88. The maximum absolute atomic E-state index is 12.3. The zero-order chi connectivity index (χ0) is 15.0. The number of fused-ring (bicyclic) bond motifs is 1. The van der Waals surface area contributed by atoms with E-state index in [1.54, 1.807) is 4.90 Å². The van der Waals surface area contributed by atoms with Crippen LogP contribution in [0.2, 0.25) is 0 Å². The van der Waals surface area contributed by atoms with Gasteiger partial charge in [-0.3, -0.25) is 9.59 Å². The van der Waals surface area contributed by atoms with Crippen molar-refractivity contribution in [2.24, 2.45) is 0 Å². The first-order valence-corrected chi connectivity index (χ1v) is 7.78. The highest BCUT2D eigenvalue weighted by atomic mass is 16.2. The lowest BCUT2D eigenvalue weighted by Gasteiger charge is -2.28. The van der Waals surface area contributed by atoms with E-state index in [0.29, 0.717) is 12.1 Å². The molecule has 3 rings (SSSR count). The second kappa shape index (κ2) is 5.60. The summed E-state index contributed by atoms with van der Waals surface area (Å²) in [6.45, 7) is 7.62. The van der Waals surface area contributed by atoms with E-state index in [4.69, 9.17) is 0 Å². The Morgan fingerprint density at radius 3 is 2.43 bits per heavy atom. The van der Waals surface area contributed by atoms with Crippen LogP contribution in [0.4, 0.5) is 5.69 Å². The molecule has 0 unspecified atom stereocenters. The molecule has 21 heavy (non-hydrogen) atoms. The van der Waals surface area contributed by atoms with Gasteiger partial charge in [-0.1, -0.05) is 12.5 Å². The molecule has 0 atom stereocenters. The second-order valence-corrected chi connectivity index (χ2v) is 6.17. The average molecular weight is 286 g/mol. The summed E-state index contributed by atoms with van der Waals surface area (Å²) in [4.78, 5) is 28.5. The van der Waals surface area contributed by atoms with Crippen LogP contribution in [0.5, 0.6) is 0 Å². The number of anilines is 1. The van der Waals surface area contributed by atoms with E-state index >= 15 is 0 Å². The fraction of sp³-hybridized carbons (Fsp3) is 0.529. The Labute approximate surface area is 125 Å².